The predicted molar refractivity (Wildman–Crippen MR) is 58.9 cm³/mol. The Morgan fingerprint density at radius 1 is 1.50 bits per heavy atom. The predicted octanol–water partition coefficient (Wildman–Crippen LogP) is 1.80. The smallest absolute Gasteiger partial charge is 0.379 e. The molecule has 0 saturated carbocycles. The molecule has 1 N–H and O–H groups in total. The van der Waals surface area contributed by atoms with E-state index in [0.717, 1.165) is 6.07 Å². The monoisotopic (exact) mass is 263 g/mol. The van der Waals surface area contributed by atoms with E-state index in [0.29, 0.717) is 25.2 Å². The summed E-state index contributed by atoms with van der Waals surface area (Å²) in [6, 6.07) is 0.959. The lowest BCUT2D eigenvalue weighted by Crippen LogP contribution is -2.31. The van der Waals surface area contributed by atoms with Crippen molar-refractivity contribution in [3.63, 3.8) is 0 Å². The zero-order chi connectivity index (χ0) is 13.5. The lowest BCUT2D eigenvalue weighted by atomic mass is 10.2. The molecular formula is C11H16F3N3O. The zero-order valence-electron chi connectivity index (χ0n) is 10.3. The van der Waals surface area contributed by atoms with Crippen molar-refractivity contribution in [1.29, 1.82) is 0 Å². The van der Waals surface area contributed by atoms with Crippen LogP contribution in [0.15, 0.2) is 6.07 Å². The molecule has 1 aromatic rings. The molecule has 2 rings (SSSR count). The van der Waals surface area contributed by atoms with Gasteiger partial charge in [-0.3, -0.25) is 9.58 Å². The average molecular weight is 263 g/mol. The topological polar surface area (TPSA) is 41.3 Å². The summed E-state index contributed by atoms with van der Waals surface area (Å²) >= 11 is 0. The first-order valence-electron chi connectivity index (χ1n) is 5.84. The highest BCUT2D eigenvalue weighted by Crippen LogP contribution is 2.31. The third-order valence-electron chi connectivity index (χ3n) is 3.28. The van der Waals surface area contributed by atoms with Gasteiger partial charge in [0.15, 0.2) is 5.69 Å². The van der Waals surface area contributed by atoms with Crippen molar-refractivity contribution in [2.45, 2.75) is 38.7 Å². The number of hydrogen-bond donors (Lipinski definition) is 1. The minimum absolute atomic E-state index is 0.101. The molecule has 2 unspecified atom stereocenters. The van der Waals surface area contributed by atoms with Gasteiger partial charge in [-0.2, -0.15) is 18.3 Å². The van der Waals surface area contributed by atoms with Crippen molar-refractivity contribution >= 4 is 0 Å². The molecule has 0 radical (unpaired) electrons. The zero-order valence-corrected chi connectivity index (χ0v) is 10.3. The van der Waals surface area contributed by atoms with Crippen LogP contribution in [0.5, 0.6) is 0 Å². The van der Waals surface area contributed by atoms with Gasteiger partial charge < -0.3 is 5.11 Å². The first-order valence-corrected chi connectivity index (χ1v) is 5.84. The Kier molecular flexibility index (Phi) is 3.37. The number of aryl methyl sites for hydroxylation is 1. The van der Waals surface area contributed by atoms with Gasteiger partial charge in [0.25, 0.3) is 0 Å². The number of aromatic nitrogens is 2. The van der Waals surface area contributed by atoms with Crippen molar-refractivity contribution < 1.29 is 18.3 Å². The molecule has 2 heterocycles. The Labute approximate surface area is 103 Å². The molecule has 1 saturated heterocycles. The highest BCUT2D eigenvalue weighted by molar-refractivity contribution is 5.13. The third kappa shape index (κ3) is 2.51. The molecule has 0 spiro atoms. The van der Waals surface area contributed by atoms with Gasteiger partial charge in [-0.25, -0.2) is 0 Å². The number of hydrogen-bond acceptors (Lipinski definition) is 3. The second kappa shape index (κ2) is 4.55. The second-order valence-electron chi connectivity index (χ2n) is 4.68. The fourth-order valence-corrected chi connectivity index (χ4v) is 2.30. The molecule has 1 aliphatic heterocycles. The van der Waals surface area contributed by atoms with Gasteiger partial charge in [-0.05, 0) is 26.3 Å². The van der Waals surface area contributed by atoms with E-state index in [1.165, 1.54) is 4.68 Å². The van der Waals surface area contributed by atoms with Crippen LogP contribution in [-0.2, 0) is 6.18 Å². The number of halogens is 3. The summed E-state index contributed by atoms with van der Waals surface area (Å²) in [7, 11) is 0. The number of nitrogens with zero attached hydrogens (tertiary/aromatic N) is 3. The average Bonchev–Trinajstić information content (AvgIpc) is 2.81. The van der Waals surface area contributed by atoms with E-state index in [1.807, 2.05) is 4.90 Å². The molecule has 0 aromatic carbocycles. The normalized spacial score (nSPS) is 23.6. The Bertz CT molecular complexity index is 428. The Morgan fingerprint density at radius 2 is 2.17 bits per heavy atom. The number of aliphatic hydroxyl groups is 1. The Balaban J connectivity index is 2.18. The molecule has 1 aromatic heterocycles. The number of likely N-dealkylation sites (tertiary alicyclic amines) is 1. The van der Waals surface area contributed by atoms with Crippen LogP contribution in [0.3, 0.4) is 0 Å². The standard InChI is InChI=1S/C11H16F3N3O/c1-7-5-10(11(12,13)14)15-17(7)9-3-4-16(6-9)8(2)18/h5,8-9,18H,3-4,6H2,1-2H3. The summed E-state index contributed by atoms with van der Waals surface area (Å²) in [5.74, 6) is 0. The van der Waals surface area contributed by atoms with E-state index in [-0.39, 0.29) is 6.04 Å². The lowest BCUT2D eigenvalue weighted by Gasteiger charge is -2.19. The van der Waals surface area contributed by atoms with Gasteiger partial charge in [0.2, 0.25) is 0 Å². The fourth-order valence-electron chi connectivity index (χ4n) is 2.30. The molecule has 0 amide bonds. The minimum atomic E-state index is -4.40. The molecule has 102 valence electrons. The van der Waals surface area contributed by atoms with Crippen LogP contribution in [-0.4, -0.2) is 39.1 Å². The van der Waals surface area contributed by atoms with Gasteiger partial charge in [-0.15, -0.1) is 0 Å². The maximum Gasteiger partial charge on any atom is 0.435 e. The first-order chi connectivity index (χ1) is 8.29. The molecule has 0 bridgehead atoms. The van der Waals surface area contributed by atoms with E-state index in [4.69, 9.17) is 0 Å². The summed E-state index contributed by atoms with van der Waals surface area (Å²) < 4.78 is 39.1. The van der Waals surface area contributed by atoms with Gasteiger partial charge in [0.05, 0.1) is 6.04 Å². The van der Waals surface area contributed by atoms with Crippen LogP contribution >= 0.6 is 0 Å². The fraction of sp³-hybridized carbons (Fsp3) is 0.727. The van der Waals surface area contributed by atoms with E-state index in [1.54, 1.807) is 13.8 Å². The highest BCUT2D eigenvalue weighted by atomic mass is 19.4. The quantitative estimate of drug-likeness (QED) is 0.884. The highest BCUT2D eigenvalue weighted by Gasteiger charge is 2.36. The summed E-state index contributed by atoms with van der Waals surface area (Å²) in [6.07, 6.45) is -4.28. The summed E-state index contributed by atoms with van der Waals surface area (Å²) in [4.78, 5) is 1.82. The molecule has 1 aliphatic rings. The van der Waals surface area contributed by atoms with Crippen LogP contribution in [0.4, 0.5) is 13.2 Å². The van der Waals surface area contributed by atoms with Crippen molar-refractivity contribution in [1.82, 2.24) is 14.7 Å². The van der Waals surface area contributed by atoms with Crippen molar-refractivity contribution in [3.05, 3.63) is 17.5 Å². The maximum absolute atomic E-state index is 12.5. The van der Waals surface area contributed by atoms with E-state index >= 15 is 0 Å². The van der Waals surface area contributed by atoms with Crippen LogP contribution in [0.1, 0.15) is 30.8 Å². The molecule has 7 heteroatoms. The summed E-state index contributed by atoms with van der Waals surface area (Å²) in [5, 5.41) is 13.1. The number of aliphatic hydroxyl groups excluding tert-OH is 1. The van der Waals surface area contributed by atoms with Gasteiger partial charge >= 0.3 is 6.18 Å². The van der Waals surface area contributed by atoms with Crippen LogP contribution in [0.25, 0.3) is 0 Å². The molecule has 4 nitrogen and oxygen atoms in total. The third-order valence-corrected chi connectivity index (χ3v) is 3.28. The summed E-state index contributed by atoms with van der Waals surface area (Å²) in [6.45, 7) is 4.47. The Hall–Kier alpha value is -1.08. The maximum atomic E-state index is 12.5. The van der Waals surface area contributed by atoms with Gasteiger partial charge in [0, 0.05) is 18.8 Å². The van der Waals surface area contributed by atoms with Crippen LogP contribution in [0.2, 0.25) is 0 Å². The number of rotatable bonds is 2. The number of alkyl halides is 3. The molecule has 18 heavy (non-hydrogen) atoms. The molecule has 2 atom stereocenters. The van der Waals surface area contributed by atoms with Crippen molar-refractivity contribution in [2.75, 3.05) is 13.1 Å². The summed E-state index contributed by atoms with van der Waals surface area (Å²) in [5.41, 5.74) is -0.352. The minimum Gasteiger partial charge on any atom is -0.379 e. The van der Waals surface area contributed by atoms with Gasteiger partial charge in [-0.1, -0.05) is 0 Å². The molecular weight excluding hydrogens is 247 g/mol. The molecule has 1 fully saturated rings. The van der Waals surface area contributed by atoms with Crippen LogP contribution in [0, 0.1) is 6.92 Å². The van der Waals surface area contributed by atoms with E-state index in [2.05, 4.69) is 5.10 Å². The van der Waals surface area contributed by atoms with E-state index in [9.17, 15) is 18.3 Å². The largest absolute Gasteiger partial charge is 0.435 e. The Morgan fingerprint density at radius 3 is 2.61 bits per heavy atom. The SMILES string of the molecule is Cc1cc(C(F)(F)F)nn1C1CCN(C(C)O)C1. The van der Waals surface area contributed by atoms with Gasteiger partial charge in [0.1, 0.15) is 6.23 Å². The van der Waals surface area contributed by atoms with Crippen LogP contribution < -0.4 is 0 Å². The molecule has 0 aliphatic carbocycles. The van der Waals surface area contributed by atoms with E-state index < -0.39 is 18.1 Å². The van der Waals surface area contributed by atoms with Crippen molar-refractivity contribution in [3.8, 4) is 0 Å². The lowest BCUT2D eigenvalue weighted by molar-refractivity contribution is -0.141. The first kappa shape index (κ1) is 13.4. The van der Waals surface area contributed by atoms with Crippen molar-refractivity contribution in [2.24, 2.45) is 0 Å². The second-order valence-corrected chi connectivity index (χ2v) is 4.68.